The Bertz CT molecular complexity index is 1260. The van der Waals surface area contributed by atoms with Crippen molar-refractivity contribution < 1.29 is 22.7 Å². The van der Waals surface area contributed by atoms with Gasteiger partial charge in [-0.1, -0.05) is 29.8 Å². The number of hydrogen-bond donors (Lipinski definition) is 3. The normalized spacial score (nSPS) is 11.0. The van der Waals surface area contributed by atoms with Gasteiger partial charge in [-0.15, -0.1) is 0 Å². The van der Waals surface area contributed by atoms with Gasteiger partial charge in [-0.05, 0) is 68.4 Å². The number of hydrogen-bond acceptors (Lipinski definition) is 5. The lowest BCUT2D eigenvalue weighted by Gasteiger charge is -2.12. The van der Waals surface area contributed by atoms with Gasteiger partial charge in [0.25, 0.3) is 21.8 Å². The average Bonchev–Trinajstić information content (AvgIpc) is 2.79. The first kappa shape index (κ1) is 24.1. The molecule has 3 aromatic carbocycles. The lowest BCUT2D eigenvalue weighted by Crippen LogP contribution is -2.41. The molecule has 0 unspecified atom stereocenters. The minimum absolute atomic E-state index is 0.00317. The number of hydrazine groups is 1. The van der Waals surface area contributed by atoms with E-state index in [2.05, 4.69) is 15.6 Å². The third kappa shape index (κ3) is 6.47. The molecular weight excluding hydrogens is 466 g/mol. The summed E-state index contributed by atoms with van der Waals surface area (Å²) in [7, 11) is -3.99. The number of ether oxygens (including phenoxy) is 1. The van der Waals surface area contributed by atoms with Crippen molar-refractivity contribution in [3.63, 3.8) is 0 Å². The van der Waals surface area contributed by atoms with Crippen LogP contribution in [0.3, 0.4) is 0 Å². The summed E-state index contributed by atoms with van der Waals surface area (Å²) < 4.78 is 33.3. The number of halogens is 1. The Morgan fingerprint density at radius 1 is 0.848 bits per heavy atom. The number of rotatable bonds is 7. The molecule has 172 valence electrons. The van der Waals surface area contributed by atoms with Gasteiger partial charge >= 0.3 is 0 Å². The highest BCUT2D eigenvalue weighted by molar-refractivity contribution is 7.92. The molecule has 33 heavy (non-hydrogen) atoms. The van der Waals surface area contributed by atoms with Crippen molar-refractivity contribution in [2.75, 3.05) is 4.72 Å². The van der Waals surface area contributed by atoms with E-state index in [0.29, 0.717) is 11.3 Å². The maximum absolute atomic E-state index is 12.7. The molecule has 10 heteroatoms. The van der Waals surface area contributed by atoms with Gasteiger partial charge in [-0.2, -0.15) is 0 Å². The first-order valence-electron chi connectivity index (χ1n) is 9.90. The molecule has 0 aromatic heterocycles. The van der Waals surface area contributed by atoms with Gasteiger partial charge in [0.1, 0.15) is 5.75 Å². The highest BCUT2D eigenvalue weighted by Crippen LogP contribution is 2.24. The number of carbonyl (C=O) groups is 2. The van der Waals surface area contributed by atoms with Crippen LogP contribution in [-0.4, -0.2) is 26.3 Å². The third-order valence-corrected chi connectivity index (χ3v) is 6.00. The molecule has 3 aromatic rings. The van der Waals surface area contributed by atoms with Crippen LogP contribution in [-0.2, 0) is 10.0 Å². The van der Waals surface area contributed by atoms with Crippen molar-refractivity contribution in [1.29, 1.82) is 0 Å². The summed E-state index contributed by atoms with van der Waals surface area (Å²) in [4.78, 5) is 24.6. The van der Waals surface area contributed by atoms with Crippen molar-refractivity contribution in [3.8, 4) is 5.75 Å². The first-order valence-corrected chi connectivity index (χ1v) is 11.8. The summed E-state index contributed by atoms with van der Waals surface area (Å²) in [5.41, 5.74) is 5.14. The molecule has 8 nitrogen and oxygen atoms in total. The second-order valence-corrected chi connectivity index (χ2v) is 9.30. The number of anilines is 1. The van der Waals surface area contributed by atoms with Crippen LogP contribution >= 0.6 is 11.6 Å². The highest BCUT2D eigenvalue weighted by atomic mass is 35.5. The van der Waals surface area contributed by atoms with E-state index >= 15 is 0 Å². The van der Waals surface area contributed by atoms with Crippen LogP contribution in [0, 0.1) is 0 Å². The summed E-state index contributed by atoms with van der Waals surface area (Å²) in [6.45, 7) is 3.78. The molecule has 0 spiro atoms. The smallest absolute Gasteiger partial charge is 0.269 e. The standard InChI is InChI=1S/C23H22ClN3O5S/c1-15(2)32-18-12-10-16(11-13-18)22(28)25-26-23(29)17-6-5-7-19(14-17)33(30,31)27-21-9-4-3-8-20(21)24/h3-15,27H,1-2H3,(H,25,28)(H,26,29). The van der Waals surface area contributed by atoms with Crippen LogP contribution in [0.2, 0.25) is 5.02 Å². The van der Waals surface area contributed by atoms with Gasteiger partial charge in [-0.3, -0.25) is 25.2 Å². The van der Waals surface area contributed by atoms with Crippen LogP contribution in [0.15, 0.2) is 77.7 Å². The summed E-state index contributed by atoms with van der Waals surface area (Å²) in [6.07, 6.45) is 0.00317. The fraction of sp³-hybridized carbons (Fsp3) is 0.130. The van der Waals surface area contributed by atoms with Crippen molar-refractivity contribution in [1.82, 2.24) is 10.9 Å². The number of amides is 2. The van der Waals surface area contributed by atoms with Gasteiger partial charge in [-0.25, -0.2) is 8.42 Å². The van der Waals surface area contributed by atoms with Gasteiger partial charge in [0.2, 0.25) is 0 Å². The minimum Gasteiger partial charge on any atom is -0.491 e. The van der Waals surface area contributed by atoms with Crippen LogP contribution in [0.5, 0.6) is 5.75 Å². The zero-order chi connectivity index (χ0) is 24.0. The van der Waals surface area contributed by atoms with Crippen LogP contribution in [0.4, 0.5) is 5.69 Å². The molecule has 0 radical (unpaired) electrons. The molecule has 0 saturated heterocycles. The maximum atomic E-state index is 12.7. The summed E-state index contributed by atoms with van der Waals surface area (Å²) in [5.74, 6) is -0.601. The molecule has 0 bridgehead atoms. The van der Waals surface area contributed by atoms with E-state index in [-0.39, 0.29) is 27.3 Å². The van der Waals surface area contributed by atoms with Gasteiger partial charge in [0.15, 0.2) is 0 Å². The van der Waals surface area contributed by atoms with E-state index in [1.54, 1.807) is 42.5 Å². The fourth-order valence-corrected chi connectivity index (χ4v) is 4.13. The Hall–Kier alpha value is -3.56. The molecule has 0 aliphatic carbocycles. The Labute approximate surface area is 196 Å². The lowest BCUT2D eigenvalue weighted by atomic mass is 10.2. The molecule has 3 rings (SSSR count). The van der Waals surface area contributed by atoms with Crippen molar-refractivity contribution in [3.05, 3.63) is 88.9 Å². The SMILES string of the molecule is CC(C)Oc1ccc(C(=O)NNC(=O)c2cccc(S(=O)(=O)Nc3ccccc3Cl)c2)cc1. The number of carbonyl (C=O) groups excluding carboxylic acids is 2. The van der Waals surface area contributed by atoms with E-state index in [0.717, 1.165) is 0 Å². The average molecular weight is 488 g/mol. The second-order valence-electron chi connectivity index (χ2n) is 7.21. The molecule has 2 amide bonds. The predicted octanol–water partition coefficient (Wildman–Crippen LogP) is 4.00. The molecule has 0 heterocycles. The number of sulfonamides is 1. The maximum Gasteiger partial charge on any atom is 0.269 e. The largest absolute Gasteiger partial charge is 0.491 e. The summed E-state index contributed by atoms with van der Waals surface area (Å²) in [6, 6.07) is 18.2. The Morgan fingerprint density at radius 3 is 2.12 bits per heavy atom. The van der Waals surface area contributed by atoms with E-state index < -0.39 is 21.8 Å². The zero-order valence-electron chi connectivity index (χ0n) is 17.8. The van der Waals surface area contributed by atoms with Crippen molar-refractivity contribution in [2.24, 2.45) is 0 Å². The molecule has 0 fully saturated rings. The van der Waals surface area contributed by atoms with Crippen molar-refractivity contribution >= 4 is 39.1 Å². The Kier molecular flexibility index (Phi) is 7.57. The highest BCUT2D eigenvalue weighted by Gasteiger charge is 2.18. The van der Waals surface area contributed by atoms with Gasteiger partial charge < -0.3 is 4.74 Å². The molecule has 0 saturated carbocycles. The van der Waals surface area contributed by atoms with Gasteiger partial charge in [0, 0.05) is 11.1 Å². The van der Waals surface area contributed by atoms with E-state index in [4.69, 9.17) is 16.3 Å². The number of nitrogens with one attached hydrogen (secondary N) is 3. The molecule has 0 atom stereocenters. The van der Waals surface area contributed by atoms with E-state index in [1.165, 1.54) is 30.3 Å². The molecule has 0 aliphatic rings. The van der Waals surface area contributed by atoms with Crippen LogP contribution in [0.1, 0.15) is 34.6 Å². The third-order valence-electron chi connectivity index (χ3n) is 4.30. The lowest BCUT2D eigenvalue weighted by molar-refractivity contribution is 0.0846. The minimum atomic E-state index is -3.99. The van der Waals surface area contributed by atoms with Crippen LogP contribution < -0.4 is 20.3 Å². The summed E-state index contributed by atoms with van der Waals surface area (Å²) in [5, 5.41) is 0.237. The topological polar surface area (TPSA) is 114 Å². The number of benzene rings is 3. The predicted molar refractivity (Wildman–Crippen MR) is 126 cm³/mol. The Morgan fingerprint density at radius 2 is 1.48 bits per heavy atom. The second kappa shape index (κ2) is 10.4. The van der Waals surface area contributed by atoms with E-state index in [9.17, 15) is 18.0 Å². The monoisotopic (exact) mass is 487 g/mol. The molecular formula is C23H22ClN3O5S. The van der Waals surface area contributed by atoms with E-state index in [1.807, 2.05) is 13.8 Å². The summed E-state index contributed by atoms with van der Waals surface area (Å²) >= 11 is 6.01. The first-order chi connectivity index (χ1) is 15.7. The Balaban J connectivity index is 1.65. The fourth-order valence-electron chi connectivity index (χ4n) is 2.77. The molecule has 0 aliphatic heterocycles. The molecule has 3 N–H and O–H groups in total. The zero-order valence-corrected chi connectivity index (χ0v) is 19.4. The quantitative estimate of drug-likeness (QED) is 0.436. The van der Waals surface area contributed by atoms with Gasteiger partial charge in [0.05, 0.1) is 21.7 Å². The van der Waals surface area contributed by atoms with Crippen molar-refractivity contribution in [2.45, 2.75) is 24.8 Å². The number of para-hydroxylation sites is 1. The van der Waals surface area contributed by atoms with Crippen LogP contribution in [0.25, 0.3) is 0 Å².